The number of piperidine rings is 2. The molecule has 0 unspecified atom stereocenters. The normalized spacial score (nSPS) is 31.9. The van der Waals surface area contributed by atoms with Crippen LogP contribution in [-0.4, -0.2) is 42.1 Å². The van der Waals surface area contributed by atoms with Crippen molar-refractivity contribution in [3.63, 3.8) is 0 Å². The summed E-state index contributed by atoms with van der Waals surface area (Å²) in [5, 5.41) is 0. The molecule has 2 aliphatic heterocycles. The summed E-state index contributed by atoms with van der Waals surface area (Å²) in [5.41, 5.74) is 6.46. The van der Waals surface area contributed by atoms with Crippen molar-refractivity contribution in [2.75, 3.05) is 5.73 Å². The van der Waals surface area contributed by atoms with Gasteiger partial charge in [0.05, 0.1) is 11.0 Å². The summed E-state index contributed by atoms with van der Waals surface area (Å²) in [6.45, 7) is 0. The third kappa shape index (κ3) is 4.00. The van der Waals surface area contributed by atoms with Gasteiger partial charge in [-0.2, -0.15) is 4.98 Å². The van der Waals surface area contributed by atoms with Crippen LogP contribution in [0.15, 0.2) is 46.1 Å². The number of hydrogen-bond acceptors (Lipinski definition) is 6. The fourth-order valence-corrected chi connectivity index (χ4v) is 8.37. The molecule has 7 rings (SSSR count). The molecular weight excluding hydrogens is 464 g/mol. The van der Waals surface area contributed by atoms with Crippen LogP contribution in [0, 0.1) is 11.8 Å². The number of para-hydroxylation sites is 2. The molecule has 2 aromatic heterocycles. The van der Waals surface area contributed by atoms with Gasteiger partial charge in [-0.05, 0) is 75.0 Å². The van der Waals surface area contributed by atoms with Crippen LogP contribution in [0.5, 0.6) is 0 Å². The molecule has 194 valence electrons. The second-order valence-electron chi connectivity index (χ2n) is 11.9. The van der Waals surface area contributed by atoms with Gasteiger partial charge < -0.3 is 10.3 Å². The maximum Gasteiger partial charge on any atom is 0.355 e. The molecule has 8 heteroatoms. The summed E-state index contributed by atoms with van der Waals surface area (Å²) >= 11 is 0. The lowest BCUT2D eigenvalue weighted by Crippen LogP contribution is -2.58. The average Bonchev–Trinajstić information content (AvgIpc) is 2.88. The van der Waals surface area contributed by atoms with Gasteiger partial charge in [0.25, 0.3) is 5.56 Å². The van der Waals surface area contributed by atoms with Crippen LogP contribution in [0.1, 0.15) is 76.7 Å². The van der Waals surface area contributed by atoms with Gasteiger partial charge in [-0.25, -0.2) is 14.3 Å². The molecule has 2 saturated carbocycles. The zero-order valence-corrected chi connectivity index (χ0v) is 21.3. The molecule has 1 aromatic carbocycles. The highest BCUT2D eigenvalue weighted by atomic mass is 16.2. The van der Waals surface area contributed by atoms with Crippen LogP contribution < -0.4 is 17.0 Å². The van der Waals surface area contributed by atoms with E-state index in [1.165, 1.54) is 74.6 Å². The quantitative estimate of drug-likeness (QED) is 0.583. The minimum atomic E-state index is -0.582. The van der Waals surface area contributed by atoms with Crippen molar-refractivity contribution in [1.29, 1.82) is 0 Å². The number of anilines is 1. The summed E-state index contributed by atoms with van der Waals surface area (Å²) in [6, 6.07) is 11.2. The Labute approximate surface area is 216 Å². The van der Waals surface area contributed by atoms with E-state index < -0.39 is 5.69 Å². The van der Waals surface area contributed by atoms with Gasteiger partial charge in [0, 0.05) is 30.4 Å². The van der Waals surface area contributed by atoms with Gasteiger partial charge in [-0.3, -0.25) is 9.69 Å². The van der Waals surface area contributed by atoms with Gasteiger partial charge >= 0.3 is 5.69 Å². The summed E-state index contributed by atoms with van der Waals surface area (Å²) in [6.07, 6.45) is 15.6. The fraction of sp³-hybridized carbons (Fsp3) is 0.586. The lowest BCUT2D eigenvalue weighted by Gasteiger charge is -2.55. The number of fused-ring (bicyclic) bond motifs is 5. The fourth-order valence-electron chi connectivity index (χ4n) is 8.37. The zero-order valence-electron chi connectivity index (χ0n) is 21.3. The predicted molar refractivity (Wildman–Crippen MR) is 144 cm³/mol. The van der Waals surface area contributed by atoms with Crippen LogP contribution in [0.2, 0.25) is 0 Å². The topological polar surface area (TPSA) is 99.0 Å². The smallest absolute Gasteiger partial charge is 0.355 e. The number of rotatable bonds is 3. The van der Waals surface area contributed by atoms with Crippen molar-refractivity contribution in [3.05, 3.63) is 57.4 Å². The number of aromatic nitrogens is 4. The first kappa shape index (κ1) is 23.1. The molecule has 6 atom stereocenters. The SMILES string of the molecule is Nc1ccn(-c2nc3ccccc3n([C@H]3C[C@H]4CCC[C@@H](C3)N4[C@H]3C[C@@H]4CCC[C@@H](C4)C3)c2=O)c(=O)n1. The lowest BCUT2D eigenvalue weighted by atomic mass is 9.68. The molecule has 0 amide bonds. The lowest BCUT2D eigenvalue weighted by molar-refractivity contribution is -0.0485. The maximum absolute atomic E-state index is 14.0. The van der Waals surface area contributed by atoms with Crippen molar-refractivity contribution in [2.24, 2.45) is 11.8 Å². The first-order valence-corrected chi connectivity index (χ1v) is 14.2. The molecule has 2 N–H and O–H groups in total. The molecule has 0 spiro atoms. The van der Waals surface area contributed by atoms with Crippen molar-refractivity contribution in [3.8, 4) is 5.82 Å². The minimum absolute atomic E-state index is 0.0891. The Hall–Kier alpha value is -3.00. The van der Waals surface area contributed by atoms with E-state index in [4.69, 9.17) is 5.73 Å². The Kier molecular flexibility index (Phi) is 5.68. The predicted octanol–water partition coefficient (Wildman–Crippen LogP) is 4.05. The highest BCUT2D eigenvalue weighted by Gasteiger charge is 2.45. The van der Waals surface area contributed by atoms with Crippen LogP contribution in [0.4, 0.5) is 5.82 Å². The van der Waals surface area contributed by atoms with E-state index in [0.29, 0.717) is 23.6 Å². The second kappa shape index (κ2) is 9.08. The molecule has 4 bridgehead atoms. The van der Waals surface area contributed by atoms with Gasteiger partial charge in [-0.1, -0.05) is 37.8 Å². The zero-order chi connectivity index (χ0) is 25.1. The number of nitrogens with two attached hydrogens (primary N) is 1. The summed E-state index contributed by atoms with van der Waals surface area (Å²) in [5.74, 6) is 2.06. The summed E-state index contributed by atoms with van der Waals surface area (Å²) in [7, 11) is 0. The van der Waals surface area contributed by atoms with E-state index >= 15 is 0 Å². The summed E-state index contributed by atoms with van der Waals surface area (Å²) < 4.78 is 3.18. The summed E-state index contributed by atoms with van der Waals surface area (Å²) in [4.78, 5) is 38.0. The Morgan fingerprint density at radius 2 is 1.46 bits per heavy atom. The number of hydrogen-bond donors (Lipinski definition) is 1. The molecular formula is C29H36N6O2. The largest absolute Gasteiger partial charge is 0.383 e. The molecule has 4 heterocycles. The third-order valence-corrected chi connectivity index (χ3v) is 9.73. The van der Waals surface area contributed by atoms with Crippen LogP contribution in [0.3, 0.4) is 0 Å². The standard InChI is InChI=1S/C29H36N6O2/c30-26-11-12-33(29(37)32-26)27-28(36)35(25-10-2-1-9-24(25)31-27)23-16-20-7-4-8-21(17-23)34(20)22-14-18-5-3-6-19(13-18)15-22/h1-2,9-12,18-23H,3-8,13-17H2,(H2,30,32,37)/t18-,19+,20-,21+,22+,23+. The molecule has 0 radical (unpaired) electrons. The van der Waals surface area contributed by atoms with Crippen LogP contribution in [0.25, 0.3) is 16.9 Å². The van der Waals surface area contributed by atoms with Crippen molar-refractivity contribution < 1.29 is 0 Å². The van der Waals surface area contributed by atoms with E-state index in [1.807, 2.05) is 28.8 Å². The average molecular weight is 501 g/mol. The number of benzene rings is 1. The van der Waals surface area contributed by atoms with E-state index in [2.05, 4.69) is 14.9 Å². The molecule has 4 fully saturated rings. The molecule has 3 aromatic rings. The maximum atomic E-state index is 14.0. The Bertz CT molecular complexity index is 1420. The Morgan fingerprint density at radius 3 is 2.19 bits per heavy atom. The Morgan fingerprint density at radius 1 is 0.757 bits per heavy atom. The van der Waals surface area contributed by atoms with Crippen LogP contribution in [-0.2, 0) is 0 Å². The van der Waals surface area contributed by atoms with E-state index in [0.717, 1.165) is 30.2 Å². The highest BCUT2D eigenvalue weighted by molar-refractivity contribution is 5.75. The molecule has 4 aliphatic rings. The van der Waals surface area contributed by atoms with Gasteiger partial charge in [0.15, 0.2) is 0 Å². The van der Waals surface area contributed by atoms with E-state index in [1.54, 1.807) is 0 Å². The minimum Gasteiger partial charge on any atom is -0.383 e. The third-order valence-electron chi connectivity index (χ3n) is 9.73. The van der Waals surface area contributed by atoms with Gasteiger partial charge in [-0.15, -0.1) is 0 Å². The molecule has 2 aliphatic carbocycles. The first-order chi connectivity index (χ1) is 18.0. The number of nitrogens with zero attached hydrogens (tertiary/aromatic N) is 5. The molecule has 37 heavy (non-hydrogen) atoms. The second-order valence-corrected chi connectivity index (χ2v) is 11.9. The Balaban J connectivity index is 1.27. The van der Waals surface area contributed by atoms with E-state index in [-0.39, 0.29) is 23.2 Å². The monoisotopic (exact) mass is 500 g/mol. The van der Waals surface area contributed by atoms with Crippen molar-refractivity contribution in [1.82, 2.24) is 24.0 Å². The first-order valence-electron chi connectivity index (χ1n) is 14.2. The van der Waals surface area contributed by atoms with Crippen LogP contribution >= 0.6 is 0 Å². The van der Waals surface area contributed by atoms with Crippen molar-refractivity contribution >= 4 is 16.9 Å². The molecule has 2 saturated heterocycles. The van der Waals surface area contributed by atoms with Crippen molar-refractivity contribution in [2.45, 2.75) is 94.8 Å². The number of nitrogen functional groups attached to an aromatic ring is 1. The van der Waals surface area contributed by atoms with E-state index in [9.17, 15) is 9.59 Å². The highest BCUT2D eigenvalue weighted by Crippen LogP contribution is 2.47. The molecule has 8 nitrogen and oxygen atoms in total. The van der Waals surface area contributed by atoms with Gasteiger partial charge in [0.1, 0.15) is 5.82 Å². The van der Waals surface area contributed by atoms with Gasteiger partial charge in [0.2, 0.25) is 5.82 Å².